The minimum atomic E-state index is -0.320. The van der Waals surface area contributed by atoms with Crippen LogP contribution in [0.5, 0.6) is 5.88 Å². The molecule has 0 unspecified atom stereocenters. The van der Waals surface area contributed by atoms with Gasteiger partial charge in [-0.15, -0.1) is 10.2 Å². The maximum atomic E-state index is 12.7. The molecule has 142 valence electrons. The van der Waals surface area contributed by atoms with Gasteiger partial charge in [0, 0.05) is 11.8 Å². The fourth-order valence-corrected chi connectivity index (χ4v) is 2.82. The van der Waals surface area contributed by atoms with E-state index < -0.39 is 0 Å². The van der Waals surface area contributed by atoms with Gasteiger partial charge in [-0.25, -0.2) is 9.48 Å². The zero-order valence-electron chi connectivity index (χ0n) is 15.2. The maximum Gasteiger partial charge on any atom is 0.323 e. The highest BCUT2D eigenvalue weighted by Crippen LogP contribution is 2.18. The van der Waals surface area contributed by atoms with E-state index in [4.69, 9.17) is 4.74 Å². The van der Waals surface area contributed by atoms with Gasteiger partial charge in [-0.2, -0.15) is 5.10 Å². The topological polar surface area (TPSA) is 131 Å². The summed E-state index contributed by atoms with van der Waals surface area (Å²) in [5, 5.41) is 15.1. The van der Waals surface area contributed by atoms with Crippen molar-refractivity contribution in [1.82, 2.24) is 29.9 Å². The summed E-state index contributed by atoms with van der Waals surface area (Å²) in [6.45, 7) is 4.14. The summed E-state index contributed by atoms with van der Waals surface area (Å²) in [6.07, 6.45) is 1.47. The molecule has 1 amide bonds. The number of benzene rings is 1. The fourth-order valence-electron chi connectivity index (χ4n) is 2.82. The lowest BCUT2D eigenvalue weighted by Crippen LogP contribution is -2.13. The van der Waals surface area contributed by atoms with E-state index in [9.17, 15) is 9.59 Å². The van der Waals surface area contributed by atoms with Crippen molar-refractivity contribution in [3.63, 3.8) is 0 Å². The number of carbonyl (C=O) groups is 1. The maximum absolute atomic E-state index is 12.7. The molecule has 0 saturated carbocycles. The van der Waals surface area contributed by atoms with Crippen LogP contribution in [0, 0.1) is 6.92 Å². The van der Waals surface area contributed by atoms with Crippen LogP contribution in [0.15, 0.2) is 41.3 Å². The molecule has 10 nitrogen and oxygen atoms in total. The lowest BCUT2D eigenvalue weighted by molar-refractivity contribution is 0.102. The Bertz CT molecular complexity index is 1200. The summed E-state index contributed by atoms with van der Waals surface area (Å²) >= 11 is 0. The molecule has 28 heavy (non-hydrogen) atoms. The lowest BCUT2D eigenvalue weighted by atomic mass is 10.2. The molecule has 0 bridgehead atoms. The Kier molecular flexibility index (Phi) is 4.36. The van der Waals surface area contributed by atoms with E-state index in [0.29, 0.717) is 46.3 Å². The summed E-state index contributed by atoms with van der Waals surface area (Å²) in [4.78, 5) is 29.3. The highest BCUT2D eigenvalue weighted by Gasteiger charge is 2.16. The van der Waals surface area contributed by atoms with E-state index in [0.717, 1.165) is 0 Å². The van der Waals surface area contributed by atoms with Crippen LogP contribution in [0.2, 0.25) is 0 Å². The highest BCUT2D eigenvalue weighted by atomic mass is 16.5. The Morgan fingerprint density at radius 1 is 1.18 bits per heavy atom. The van der Waals surface area contributed by atoms with Crippen LogP contribution in [0.4, 0.5) is 5.69 Å². The summed E-state index contributed by atoms with van der Waals surface area (Å²) in [7, 11) is 0. The number of aromatic amines is 2. The molecule has 0 radical (unpaired) electrons. The number of rotatable bonds is 5. The molecule has 0 aliphatic rings. The van der Waals surface area contributed by atoms with Crippen LogP contribution < -0.4 is 15.7 Å². The molecule has 3 heterocycles. The molecular weight excluding hydrogens is 362 g/mol. The number of hydrogen-bond donors (Lipinski definition) is 3. The molecule has 4 rings (SSSR count). The number of aromatic nitrogens is 6. The summed E-state index contributed by atoms with van der Waals surface area (Å²) in [5.41, 5.74) is 2.55. The van der Waals surface area contributed by atoms with Gasteiger partial charge in [0.25, 0.3) is 5.91 Å². The van der Waals surface area contributed by atoms with Crippen molar-refractivity contribution in [3.8, 4) is 11.7 Å². The predicted octanol–water partition coefficient (Wildman–Crippen LogP) is 1.79. The van der Waals surface area contributed by atoms with Crippen molar-refractivity contribution >= 4 is 22.6 Å². The zero-order valence-corrected chi connectivity index (χ0v) is 15.2. The molecule has 0 spiro atoms. The molecular formula is C18H17N7O3. The van der Waals surface area contributed by atoms with E-state index in [-0.39, 0.29) is 11.6 Å². The molecule has 1 aromatic carbocycles. The Hall–Kier alpha value is -3.95. The third-order valence-electron chi connectivity index (χ3n) is 4.16. The number of nitrogens with one attached hydrogen (secondary N) is 3. The second-order valence-electron chi connectivity index (χ2n) is 6.01. The van der Waals surface area contributed by atoms with Crippen LogP contribution in [0.25, 0.3) is 16.9 Å². The number of hydrogen-bond acceptors (Lipinski definition) is 6. The summed E-state index contributed by atoms with van der Waals surface area (Å²) in [5.74, 6) is 0.582. The Labute approximate surface area is 158 Å². The minimum Gasteiger partial charge on any atom is -0.477 e. The van der Waals surface area contributed by atoms with Gasteiger partial charge in [-0.1, -0.05) is 0 Å². The molecule has 0 atom stereocenters. The molecule has 4 aromatic rings. The number of H-pyrrole nitrogens is 2. The molecule has 3 aromatic heterocycles. The van der Waals surface area contributed by atoms with E-state index in [1.165, 1.54) is 10.9 Å². The van der Waals surface area contributed by atoms with Crippen molar-refractivity contribution < 1.29 is 9.53 Å². The third kappa shape index (κ3) is 3.22. The quantitative estimate of drug-likeness (QED) is 0.485. The Balaban J connectivity index is 1.56. The van der Waals surface area contributed by atoms with Crippen LogP contribution >= 0.6 is 0 Å². The molecule has 0 aliphatic carbocycles. The van der Waals surface area contributed by atoms with Gasteiger partial charge in [0.2, 0.25) is 5.88 Å². The summed E-state index contributed by atoms with van der Waals surface area (Å²) in [6, 6.07) is 8.52. The monoisotopic (exact) mass is 379 g/mol. The number of carbonyl (C=O) groups excluding carboxylic acids is 1. The van der Waals surface area contributed by atoms with Crippen molar-refractivity contribution in [2.24, 2.45) is 0 Å². The third-order valence-corrected chi connectivity index (χ3v) is 4.16. The van der Waals surface area contributed by atoms with E-state index in [1.54, 1.807) is 37.3 Å². The normalized spacial score (nSPS) is 10.9. The van der Waals surface area contributed by atoms with Gasteiger partial charge in [0.1, 0.15) is 0 Å². The van der Waals surface area contributed by atoms with Gasteiger partial charge >= 0.3 is 5.69 Å². The van der Waals surface area contributed by atoms with Crippen LogP contribution in [0.1, 0.15) is 23.0 Å². The molecule has 10 heteroatoms. The zero-order chi connectivity index (χ0) is 19.7. The largest absolute Gasteiger partial charge is 0.477 e. The van der Waals surface area contributed by atoms with Crippen molar-refractivity contribution in [2.45, 2.75) is 13.8 Å². The number of ether oxygens (including phenoxy) is 1. The van der Waals surface area contributed by atoms with Crippen molar-refractivity contribution in [1.29, 1.82) is 0 Å². The first-order valence-corrected chi connectivity index (χ1v) is 8.60. The number of amides is 1. The standard InChI is InChI=1S/C18H17N7O3/c1-3-28-16-7-6-15(23-24-16)25-10(2)12(9-19-25)17(26)20-11-4-5-13-14(8-11)22-18(27)21-13/h4-9H,3H2,1-2H3,(H,20,26)(H2,21,22,27). The van der Waals surface area contributed by atoms with Crippen LogP contribution in [-0.4, -0.2) is 42.5 Å². The van der Waals surface area contributed by atoms with Gasteiger partial charge in [-0.3, -0.25) is 4.79 Å². The van der Waals surface area contributed by atoms with Crippen LogP contribution in [0.3, 0.4) is 0 Å². The number of anilines is 1. The molecule has 0 aliphatic heterocycles. The van der Waals surface area contributed by atoms with Gasteiger partial charge in [0.05, 0.1) is 35.1 Å². The van der Waals surface area contributed by atoms with Gasteiger partial charge in [-0.05, 0) is 38.1 Å². The summed E-state index contributed by atoms with van der Waals surface area (Å²) < 4.78 is 6.81. The SMILES string of the molecule is CCOc1ccc(-n2ncc(C(=O)Nc3ccc4[nH]c(=O)[nH]c4c3)c2C)nn1. The number of nitrogens with zero attached hydrogens (tertiary/aromatic N) is 4. The lowest BCUT2D eigenvalue weighted by Gasteiger charge is -2.06. The second kappa shape index (κ2) is 6.99. The first-order chi connectivity index (χ1) is 13.5. The first kappa shape index (κ1) is 17.5. The van der Waals surface area contributed by atoms with Crippen molar-refractivity contribution in [2.75, 3.05) is 11.9 Å². The number of fused-ring (bicyclic) bond motifs is 1. The second-order valence-corrected chi connectivity index (χ2v) is 6.01. The Morgan fingerprint density at radius 2 is 2.00 bits per heavy atom. The smallest absolute Gasteiger partial charge is 0.323 e. The van der Waals surface area contributed by atoms with Gasteiger partial charge in [0.15, 0.2) is 5.82 Å². The minimum absolute atomic E-state index is 0.299. The molecule has 3 N–H and O–H groups in total. The van der Waals surface area contributed by atoms with E-state index in [1.807, 2.05) is 6.92 Å². The first-order valence-electron chi connectivity index (χ1n) is 8.60. The van der Waals surface area contributed by atoms with Crippen LogP contribution in [-0.2, 0) is 0 Å². The fraction of sp³-hybridized carbons (Fsp3) is 0.167. The highest BCUT2D eigenvalue weighted by molar-refractivity contribution is 6.05. The van der Waals surface area contributed by atoms with E-state index in [2.05, 4.69) is 30.6 Å². The van der Waals surface area contributed by atoms with Gasteiger partial charge < -0.3 is 20.0 Å². The van der Waals surface area contributed by atoms with Crippen molar-refractivity contribution in [3.05, 3.63) is 58.3 Å². The average molecular weight is 379 g/mol. The van der Waals surface area contributed by atoms with E-state index >= 15 is 0 Å². The molecule has 0 saturated heterocycles. The number of imidazole rings is 1. The average Bonchev–Trinajstić information content (AvgIpc) is 3.24. The Morgan fingerprint density at radius 3 is 2.75 bits per heavy atom. The predicted molar refractivity (Wildman–Crippen MR) is 102 cm³/mol. The molecule has 0 fully saturated rings.